The summed E-state index contributed by atoms with van der Waals surface area (Å²) in [4.78, 5) is 24.0. The van der Waals surface area contributed by atoms with E-state index < -0.39 is 0 Å². The molecule has 0 heterocycles. The van der Waals surface area contributed by atoms with Crippen LogP contribution in [0.3, 0.4) is 0 Å². The van der Waals surface area contributed by atoms with E-state index in [1.165, 1.54) is 0 Å². The summed E-state index contributed by atoms with van der Waals surface area (Å²) in [5, 5.41) is 5.67. The van der Waals surface area contributed by atoms with Crippen molar-refractivity contribution in [2.75, 3.05) is 12.4 Å². The number of amides is 2. The second-order valence-corrected chi connectivity index (χ2v) is 5.45. The standard InChI is InChI=1S/C17H17ClN2O2/c1-10-4-6-13(11(2)8-10)17(22)20-15-9-12(16(21)19-3)5-7-14(15)18/h4-9H,1-3H3,(H,19,21)(H,20,22). The minimum absolute atomic E-state index is 0.237. The van der Waals surface area contributed by atoms with E-state index in [9.17, 15) is 9.59 Å². The Kier molecular flexibility index (Phi) is 4.83. The van der Waals surface area contributed by atoms with Crippen LogP contribution in [0.4, 0.5) is 5.69 Å². The summed E-state index contributed by atoms with van der Waals surface area (Å²) >= 11 is 6.09. The lowest BCUT2D eigenvalue weighted by Gasteiger charge is -2.11. The summed E-state index contributed by atoms with van der Waals surface area (Å²) in [5.41, 5.74) is 3.40. The molecule has 0 spiro atoms. The number of halogens is 1. The SMILES string of the molecule is CNC(=O)c1ccc(Cl)c(NC(=O)c2ccc(C)cc2C)c1. The van der Waals surface area contributed by atoms with Gasteiger partial charge >= 0.3 is 0 Å². The fourth-order valence-corrected chi connectivity index (χ4v) is 2.33. The number of aryl methyl sites for hydroxylation is 2. The smallest absolute Gasteiger partial charge is 0.255 e. The van der Waals surface area contributed by atoms with Gasteiger partial charge in [-0.25, -0.2) is 0 Å². The Balaban J connectivity index is 2.29. The minimum atomic E-state index is -0.256. The maximum Gasteiger partial charge on any atom is 0.255 e. The summed E-state index contributed by atoms with van der Waals surface area (Å²) in [6.45, 7) is 3.85. The van der Waals surface area contributed by atoms with Crippen molar-refractivity contribution in [1.29, 1.82) is 0 Å². The number of carbonyl (C=O) groups excluding carboxylic acids is 2. The van der Waals surface area contributed by atoms with Crippen molar-refractivity contribution in [2.45, 2.75) is 13.8 Å². The lowest BCUT2D eigenvalue weighted by atomic mass is 10.0. The molecule has 2 aromatic rings. The molecule has 5 heteroatoms. The molecule has 0 atom stereocenters. The van der Waals surface area contributed by atoms with Crippen LogP contribution in [0.15, 0.2) is 36.4 Å². The summed E-state index contributed by atoms with van der Waals surface area (Å²) < 4.78 is 0. The zero-order valence-corrected chi connectivity index (χ0v) is 13.4. The molecule has 0 bridgehead atoms. The molecule has 2 rings (SSSR count). The maximum atomic E-state index is 12.4. The van der Waals surface area contributed by atoms with Gasteiger partial charge in [-0.1, -0.05) is 29.3 Å². The molecule has 22 heavy (non-hydrogen) atoms. The summed E-state index contributed by atoms with van der Waals surface area (Å²) in [6, 6.07) is 10.3. The molecule has 0 aromatic heterocycles. The van der Waals surface area contributed by atoms with Crippen LogP contribution in [0.1, 0.15) is 31.8 Å². The van der Waals surface area contributed by atoms with Crippen molar-refractivity contribution in [2.24, 2.45) is 0 Å². The van der Waals surface area contributed by atoms with Gasteiger partial charge in [-0.05, 0) is 43.7 Å². The summed E-state index contributed by atoms with van der Waals surface area (Å²) in [5.74, 6) is -0.493. The Morgan fingerprint density at radius 3 is 2.36 bits per heavy atom. The first-order valence-electron chi connectivity index (χ1n) is 6.82. The van der Waals surface area contributed by atoms with E-state index >= 15 is 0 Å². The Morgan fingerprint density at radius 1 is 1.00 bits per heavy atom. The van der Waals surface area contributed by atoms with Crippen molar-refractivity contribution in [3.63, 3.8) is 0 Å². The van der Waals surface area contributed by atoms with Crippen LogP contribution < -0.4 is 10.6 Å². The molecule has 0 radical (unpaired) electrons. The van der Waals surface area contributed by atoms with Gasteiger partial charge in [-0.15, -0.1) is 0 Å². The fourth-order valence-electron chi connectivity index (χ4n) is 2.16. The molecule has 0 saturated carbocycles. The zero-order chi connectivity index (χ0) is 16.3. The molecule has 0 aliphatic heterocycles. The van der Waals surface area contributed by atoms with Gasteiger partial charge in [-0.3, -0.25) is 9.59 Å². The van der Waals surface area contributed by atoms with Gasteiger partial charge in [0.1, 0.15) is 0 Å². The lowest BCUT2D eigenvalue weighted by Crippen LogP contribution is -2.19. The van der Waals surface area contributed by atoms with Crippen LogP contribution >= 0.6 is 11.6 Å². The van der Waals surface area contributed by atoms with Gasteiger partial charge in [0.2, 0.25) is 0 Å². The highest BCUT2D eigenvalue weighted by molar-refractivity contribution is 6.34. The van der Waals surface area contributed by atoms with Crippen LogP contribution in [0.5, 0.6) is 0 Å². The topological polar surface area (TPSA) is 58.2 Å². The predicted molar refractivity (Wildman–Crippen MR) is 88.7 cm³/mol. The number of hydrogen-bond donors (Lipinski definition) is 2. The van der Waals surface area contributed by atoms with E-state index in [1.54, 1.807) is 31.3 Å². The van der Waals surface area contributed by atoms with E-state index in [4.69, 9.17) is 11.6 Å². The van der Waals surface area contributed by atoms with Crippen molar-refractivity contribution < 1.29 is 9.59 Å². The molecule has 4 nitrogen and oxygen atoms in total. The van der Waals surface area contributed by atoms with Crippen molar-refractivity contribution in [3.8, 4) is 0 Å². The van der Waals surface area contributed by atoms with Gasteiger partial charge < -0.3 is 10.6 Å². The normalized spacial score (nSPS) is 10.2. The molecular formula is C17H17ClN2O2. The van der Waals surface area contributed by atoms with E-state index in [0.29, 0.717) is 21.8 Å². The van der Waals surface area contributed by atoms with Gasteiger partial charge in [0, 0.05) is 18.2 Å². The average molecular weight is 317 g/mol. The lowest BCUT2D eigenvalue weighted by molar-refractivity contribution is 0.0961. The second-order valence-electron chi connectivity index (χ2n) is 5.05. The molecule has 114 valence electrons. The monoisotopic (exact) mass is 316 g/mol. The largest absolute Gasteiger partial charge is 0.355 e. The number of hydrogen-bond acceptors (Lipinski definition) is 2. The molecule has 2 amide bonds. The van der Waals surface area contributed by atoms with Crippen LogP contribution in [0.25, 0.3) is 0 Å². The molecule has 0 aliphatic carbocycles. The Bertz CT molecular complexity index is 741. The maximum absolute atomic E-state index is 12.4. The highest BCUT2D eigenvalue weighted by Gasteiger charge is 2.13. The van der Waals surface area contributed by atoms with Crippen molar-refractivity contribution in [3.05, 3.63) is 63.7 Å². The molecule has 0 saturated heterocycles. The third kappa shape index (κ3) is 3.46. The first-order valence-corrected chi connectivity index (χ1v) is 7.20. The molecular weight excluding hydrogens is 300 g/mol. The number of nitrogens with one attached hydrogen (secondary N) is 2. The minimum Gasteiger partial charge on any atom is -0.355 e. The third-order valence-corrected chi connectivity index (χ3v) is 3.66. The fraction of sp³-hybridized carbons (Fsp3) is 0.176. The van der Waals surface area contributed by atoms with Crippen molar-refractivity contribution >= 4 is 29.1 Å². The van der Waals surface area contributed by atoms with E-state index in [-0.39, 0.29) is 11.8 Å². The second kappa shape index (κ2) is 6.62. The predicted octanol–water partition coefficient (Wildman–Crippen LogP) is 3.57. The Morgan fingerprint density at radius 2 is 1.73 bits per heavy atom. The Hall–Kier alpha value is -2.33. The number of benzene rings is 2. The highest BCUT2D eigenvalue weighted by atomic mass is 35.5. The Labute approximate surface area is 134 Å². The first kappa shape index (κ1) is 16.0. The van der Waals surface area contributed by atoms with Gasteiger partial charge in [0.05, 0.1) is 10.7 Å². The van der Waals surface area contributed by atoms with Gasteiger partial charge in [-0.2, -0.15) is 0 Å². The molecule has 2 aromatic carbocycles. The first-order chi connectivity index (χ1) is 10.4. The highest BCUT2D eigenvalue weighted by Crippen LogP contribution is 2.24. The number of carbonyl (C=O) groups is 2. The number of anilines is 1. The average Bonchev–Trinajstić information content (AvgIpc) is 2.48. The quantitative estimate of drug-likeness (QED) is 0.909. The van der Waals surface area contributed by atoms with Gasteiger partial charge in [0.15, 0.2) is 0 Å². The molecule has 0 fully saturated rings. The van der Waals surface area contributed by atoms with E-state index in [1.807, 2.05) is 26.0 Å². The van der Waals surface area contributed by atoms with Gasteiger partial charge in [0.25, 0.3) is 11.8 Å². The third-order valence-electron chi connectivity index (χ3n) is 3.33. The number of rotatable bonds is 3. The summed E-state index contributed by atoms with van der Waals surface area (Å²) in [6.07, 6.45) is 0. The van der Waals surface area contributed by atoms with Crippen LogP contribution in [0.2, 0.25) is 5.02 Å². The van der Waals surface area contributed by atoms with E-state index in [0.717, 1.165) is 11.1 Å². The van der Waals surface area contributed by atoms with Crippen LogP contribution in [0, 0.1) is 13.8 Å². The van der Waals surface area contributed by atoms with Crippen LogP contribution in [-0.2, 0) is 0 Å². The van der Waals surface area contributed by atoms with Crippen molar-refractivity contribution in [1.82, 2.24) is 5.32 Å². The molecule has 2 N–H and O–H groups in total. The van der Waals surface area contributed by atoms with Crippen LogP contribution in [-0.4, -0.2) is 18.9 Å². The summed E-state index contributed by atoms with van der Waals surface area (Å²) in [7, 11) is 1.55. The zero-order valence-electron chi connectivity index (χ0n) is 12.7. The molecule has 0 unspecified atom stereocenters. The van der Waals surface area contributed by atoms with E-state index in [2.05, 4.69) is 10.6 Å². The molecule has 0 aliphatic rings.